The van der Waals surface area contributed by atoms with Crippen molar-refractivity contribution in [2.75, 3.05) is 11.9 Å². The molecule has 0 unspecified atom stereocenters. The Bertz CT molecular complexity index is 557. The molecule has 2 N–H and O–H groups in total. The molecule has 19 heavy (non-hydrogen) atoms. The van der Waals surface area contributed by atoms with Crippen molar-refractivity contribution >= 4 is 33.3 Å². The van der Waals surface area contributed by atoms with Crippen LogP contribution in [0.3, 0.4) is 0 Å². The molecule has 0 saturated carbocycles. The Morgan fingerprint density at radius 2 is 1.89 bits per heavy atom. The van der Waals surface area contributed by atoms with Crippen LogP contribution >= 0.6 is 27.5 Å². The van der Waals surface area contributed by atoms with Gasteiger partial charge < -0.3 is 10.6 Å². The average molecular weight is 341 g/mol. The topological polar surface area (TPSA) is 42.1 Å². The summed E-state index contributed by atoms with van der Waals surface area (Å²) < 4.78 is 1.08. The second kappa shape index (κ2) is 6.37. The number of halogens is 2. The molecule has 0 saturated heterocycles. The van der Waals surface area contributed by atoms with Gasteiger partial charge >= 0.3 is 0 Å². The molecule has 0 atom stereocenters. The zero-order valence-electron chi connectivity index (χ0n) is 10.6. The van der Waals surface area contributed by atoms with Gasteiger partial charge in [0.1, 0.15) is 5.82 Å². The number of hydrogen-bond donors (Lipinski definition) is 1. The molecule has 1 aromatic carbocycles. The molecule has 0 aliphatic carbocycles. The highest BCUT2D eigenvalue weighted by molar-refractivity contribution is 9.10. The van der Waals surface area contributed by atoms with Crippen LogP contribution in [0.15, 0.2) is 40.9 Å². The minimum atomic E-state index is 0.346. The van der Waals surface area contributed by atoms with Crippen LogP contribution in [-0.4, -0.2) is 12.0 Å². The van der Waals surface area contributed by atoms with E-state index in [2.05, 4.69) is 37.9 Å². The van der Waals surface area contributed by atoms with Crippen molar-refractivity contribution in [2.24, 2.45) is 5.73 Å². The lowest BCUT2D eigenvalue weighted by molar-refractivity contribution is 0.878. The Labute approximate surface area is 126 Å². The monoisotopic (exact) mass is 339 g/mol. The van der Waals surface area contributed by atoms with Gasteiger partial charge in [-0.2, -0.15) is 0 Å². The summed E-state index contributed by atoms with van der Waals surface area (Å²) in [5.74, 6) is 0.868. The molecule has 3 nitrogen and oxygen atoms in total. The van der Waals surface area contributed by atoms with Gasteiger partial charge in [0.05, 0.1) is 10.7 Å². The summed E-state index contributed by atoms with van der Waals surface area (Å²) in [6.45, 7) is 1.13. The number of hydrogen-bond acceptors (Lipinski definition) is 3. The molecule has 0 radical (unpaired) electrons. The molecule has 1 heterocycles. The number of anilines is 1. The lowest BCUT2D eigenvalue weighted by Gasteiger charge is -2.19. The normalized spacial score (nSPS) is 10.5. The van der Waals surface area contributed by atoms with Gasteiger partial charge in [0.25, 0.3) is 0 Å². The average Bonchev–Trinajstić information content (AvgIpc) is 2.42. The van der Waals surface area contributed by atoms with Crippen molar-refractivity contribution in [3.8, 4) is 0 Å². The number of rotatable bonds is 4. The van der Waals surface area contributed by atoms with Crippen molar-refractivity contribution in [1.82, 2.24) is 4.98 Å². The van der Waals surface area contributed by atoms with Crippen LogP contribution in [0.2, 0.25) is 5.02 Å². The van der Waals surface area contributed by atoms with Crippen LogP contribution < -0.4 is 10.6 Å². The molecule has 5 heteroatoms. The van der Waals surface area contributed by atoms with Crippen molar-refractivity contribution in [1.29, 1.82) is 0 Å². The molecule has 0 amide bonds. The van der Waals surface area contributed by atoms with E-state index >= 15 is 0 Å². The quantitative estimate of drug-likeness (QED) is 0.925. The van der Waals surface area contributed by atoms with E-state index in [-0.39, 0.29) is 0 Å². The standard InChI is InChI=1S/C14H15BrClN3/c1-19(9-10-2-4-11(15)5-3-10)14-7-6-12(16)13(8-17)18-14/h2-7H,8-9,17H2,1H3. The van der Waals surface area contributed by atoms with Crippen LogP contribution in [0, 0.1) is 0 Å². The minimum absolute atomic E-state index is 0.346. The summed E-state index contributed by atoms with van der Waals surface area (Å²) in [5, 5.41) is 0.614. The van der Waals surface area contributed by atoms with E-state index in [9.17, 15) is 0 Å². The Morgan fingerprint density at radius 3 is 2.53 bits per heavy atom. The minimum Gasteiger partial charge on any atom is -0.355 e. The molecule has 2 rings (SSSR count). The predicted octanol–water partition coefficient (Wildman–Crippen LogP) is 3.59. The summed E-state index contributed by atoms with van der Waals surface area (Å²) >= 11 is 9.44. The SMILES string of the molecule is CN(Cc1ccc(Br)cc1)c1ccc(Cl)c(CN)n1. The van der Waals surface area contributed by atoms with E-state index in [4.69, 9.17) is 17.3 Å². The highest BCUT2D eigenvalue weighted by atomic mass is 79.9. The van der Waals surface area contributed by atoms with Crippen LogP contribution in [0.25, 0.3) is 0 Å². The molecule has 100 valence electrons. The fraction of sp³-hybridized carbons (Fsp3) is 0.214. The molecule has 0 aliphatic rings. The van der Waals surface area contributed by atoms with Gasteiger partial charge in [-0.3, -0.25) is 0 Å². The zero-order chi connectivity index (χ0) is 13.8. The molecule has 0 bridgehead atoms. The van der Waals surface area contributed by atoms with Crippen molar-refractivity contribution in [2.45, 2.75) is 13.1 Å². The molecular weight excluding hydrogens is 326 g/mol. The first-order chi connectivity index (χ1) is 9.10. The largest absolute Gasteiger partial charge is 0.355 e. The third-order valence-electron chi connectivity index (χ3n) is 2.82. The number of aromatic nitrogens is 1. The van der Waals surface area contributed by atoms with E-state index < -0.39 is 0 Å². The fourth-order valence-corrected chi connectivity index (χ4v) is 2.22. The number of benzene rings is 1. The van der Waals surface area contributed by atoms with E-state index in [1.54, 1.807) is 0 Å². The van der Waals surface area contributed by atoms with E-state index in [1.165, 1.54) is 5.56 Å². The Hall–Kier alpha value is -1.10. The summed E-state index contributed by atoms with van der Waals surface area (Å²) in [4.78, 5) is 6.53. The van der Waals surface area contributed by atoms with E-state index in [1.807, 2.05) is 31.3 Å². The third kappa shape index (κ3) is 3.69. The first-order valence-electron chi connectivity index (χ1n) is 5.91. The molecule has 2 aromatic rings. The van der Waals surface area contributed by atoms with Gasteiger partial charge in [0.2, 0.25) is 0 Å². The predicted molar refractivity (Wildman–Crippen MR) is 83.4 cm³/mol. The van der Waals surface area contributed by atoms with Gasteiger partial charge in [-0.15, -0.1) is 0 Å². The van der Waals surface area contributed by atoms with Gasteiger partial charge in [-0.25, -0.2) is 4.98 Å². The smallest absolute Gasteiger partial charge is 0.129 e. The van der Waals surface area contributed by atoms with Gasteiger partial charge in [-0.1, -0.05) is 39.7 Å². The van der Waals surface area contributed by atoms with Crippen LogP contribution in [0.1, 0.15) is 11.3 Å². The second-order valence-electron chi connectivity index (χ2n) is 4.28. The second-order valence-corrected chi connectivity index (χ2v) is 5.61. The van der Waals surface area contributed by atoms with Gasteiger partial charge in [-0.05, 0) is 29.8 Å². The number of nitrogens with zero attached hydrogens (tertiary/aromatic N) is 2. The summed E-state index contributed by atoms with van der Waals surface area (Å²) in [6.07, 6.45) is 0. The number of nitrogens with two attached hydrogens (primary N) is 1. The van der Waals surface area contributed by atoms with E-state index in [0.717, 1.165) is 22.5 Å². The molecule has 0 fully saturated rings. The lowest BCUT2D eigenvalue weighted by atomic mass is 10.2. The first-order valence-corrected chi connectivity index (χ1v) is 7.08. The van der Waals surface area contributed by atoms with Gasteiger partial charge in [0, 0.05) is 24.6 Å². The fourth-order valence-electron chi connectivity index (χ4n) is 1.77. The Kier molecular flexibility index (Phi) is 4.80. The molecule has 0 aliphatic heterocycles. The zero-order valence-corrected chi connectivity index (χ0v) is 12.9. The van der Waals surface area contributed by atoms with Crippen LogP contribution in [0.5, 0.6) is 0 Å². The maximum absolute atomic E-state index is 6.01. The van der Waals surface area contributed by atoms with E-state index in [0.29, 0.717) is 11.6 Å². The first kappa shape index (κ1) is 14.3. The Morgan fingerprint density at radius 1 is 1.21 bits per heavy atom. The Balaban J connectivity index is 2.15. The molecule has 1 aromatic heterocycles. The summed E-state index contributed by atoms with van der Waals surface area (Å²) in [5.41, 5.74) is 7.56. The van der Waals surface area contributed by atoms with Crippen molar-refractivity contribution in [3.63, 3.8) is 0 Å². The summed E-state index contributed by atoms with van der Waals surface area (Å²) in [7, 11) is 2.00. The highest BCUT2D eigenvalue weighted by Gasteiger charge is 2.07. The van der Waals surface area contributed by atoms with Crippen molar-refractivity contribution < 1.29 is 0 Å². The summed E-state index contributed by atoms with van der Waals surface area (Å²) in [6, 6.07) is 12.0. The number of pyridine rings is 1. The van der Waals surface area contributed by atoms with Crippen LogP contribution in [-0.2, 0) is 13.1 Å². The van der Waals surface area contributed by atoms with Crippen molar-refractivity contribution in [3.05, 3.63) is 57.2 Å². The van der Waals surface area contributed by atoms with Crippen LogP contribution in [0.4, 0.5) is 5.82 Å². The maximum atomic E-state index is 6.01. The van der Waals surface area contributed by atoms with Gasteiger partial charge in [0.15, 0.2) is 0 Å². The highest BCUT2D eigenvalue weighted by Crippen LogP contribution is 2.20. The lowest BCUT2D eigenvalue weighted by Crippen LogP contribution is -2.18. The molecule has 0 spiro atoms. The molecular formula is C14H15BrClN3. The third-order valence-corrected chi connectivity index (χ3v) is 3.69. The maximum Gasteiger partial charge on any atom is 0.129 e.